The molecule has 0 unspecified atom stereocenters. The number of hydrogen-bond acceptors (Lipinski definition) is 2. The Kier molecular flexibility index (Phi) is 3.88. The lowest BCUT2D eigenvalue weighted by Gasteiger charge is -2.17. The zero-order valence-corrected chi connectivity index (χ0v) is 14.2. The van der Waals surface area contributed by atoms with E-state index >= 15 is 0 Å². The van der Waals surface area contributed by atoms with E-state index in [-0.39, 0.29) is 0 Å². The van der Waals surface area contributed by atoms with E-state index in [9.17, 15) is 0 Å². The maximum Gasteiger partial charge on any atom is 0.262 e. The summed E-state index contributed by atoms with van der Waals surface area (Å²) in [5.74, 6) is 0. The summed E-state index contributed by atoms with van der Waals surface area (Å²) in [6, 6.07) is 17.5. The van der Waals surface area contributed by atoms with Gasteiger partial charge in [-0.25, -0.2) is 0 Å². The summed E-state index contributed by atoms with van der Waals surface area (Å²) in [5.41, 5.74) is 3.90. The van der Waals surface area contributed by atoms with Crippen molar-refractivity contribution in [1.82, 2.24) is 0 Å². The first-order valence-electron chi connectivity index (χ1n) is 8.22. The Morgan fingerprint density at radius 2 is 1.70 bits per heavy atom. The monoisotopic (exact) mass is 321 g/mol. The van der Waals surface area contributed by atoms with Crippen LogP contribution < -0.4 is 9.47 Å². The van der Waals surface area contributed by atoms with Crippen LogP contribution in [-0.2, 0) is 7.05 Å². The lowest BCUT2D eigenvalue weighted by atomic mass is 10.2. The molecule has 0 bridgehead atoms. The van der Waals surface area contributed by atoms with Crippen LogP contribution in [0.4, 0.5) is 5.69 Å². The van der Waals surface area contributed by atoms with Crippen LogP contribution in [0.25, 0.3) is 22.4 Å². The van der Waals surface area contributed by atoms with Gasteiger partial charge in [0.25, 0.3) is 5.01 Å². The van der Waals surface area contributed by atoms with Crippen molar-refractivity contribution in [2.24, 2.45) is 7.05 Å². The summed E-state index contributed by atoms with van der Waals surface area (Å²) < 4.78 is 3.59. The summed E-state index contributed by atoms with van der Waals surface area (Å²) in [6.45, 7) is 2.40. The maximum atomic E-state index is 2.47. The summed E-state index contributed by atoms with van der Waals surface area (Å²) in [4.78, 5) is 2.47. The van der Waals surface area contributed by atoms with Gasteiger partial charge in [0.1, 0.15) is 11.7 Å². The first-order valence-corrected chi connectivity index (χ1v) is 9.03. The molecule has 1 aliphatic rings. The molecule has 3 aromatic rings. The summed E-state index contributed by atoms with van der Waals surface area (Å²) >= 11 is 1.83. The van der Waals surface area contributed by atoms with E-state index in [1.54, 1.807) is 0 Å². The molecule has 1 fully saturated rings. The first-order chi connectivity index (χ1) is 11.3. The van der Waals surface area contributed by atoms with Crippen molar-refractivity contribution in [3.05, 3.63) is 59.1 Å². The second-order valence-electron chi connectivity index (χ2n) is 6.09. The molecule has 2 nitrogen and oxygen atoms in total. The largest absolute Gasteiger partial charge is 0.372 e. The molecule has 4 rings (SSSR count). The highest BCUT2D eigenvalue weighted by Gasteiger charge is 2.13. The van der Waals surface area contributed by atoms with Crippen LogP contribution in [0.5, 0.6) is 0 Å². The quantitative estimate of drug-likeness (QED) is 0.644. The molecule has 2 heterocycles. The molecule has 0 radical (unpaired) electrons. The molecular formula is C20H21N2S+. The molecule has 3 heteroatoms. The topological polar surface area (TPSA) is 7.12 Å². The Labute approximate surface area is 141 Å². The van der Waals surface area contributed by atoms with Crippen molar-refractivity contribution in [3.63, 3.8) is 0 Å². The highest BCUT2D eigenvalue weighted by molar-refractivity contribution is 7.18. The number of fused-ring (bicyclic) bond motifs is 1. The molecule has 0 aliphatic carbocycles. The van der Waals surface area contributed by atoms with Crippen LogP contribution in [-0.4, -0.2) is 13.1 Å². The SMILES string of the molecule is C[n+]1c(/C=C/c2ccc(N3CCCC3)cc2)sc2ccccc21. The number of para-hydroxylation sites is 1. The van der Waals surface area contributed by atoms with Crippen LogP contribution in [0.2, 0.25) is 0 Å². The minimum absolute atomic E-state index is 1.20. The zero-order chi connectivity index (χ0) is 15.6. The molecule has 0 spiro atoms. The smallest absolute Gasteiger partial charge is 0.262 e. The van der Waals surface area contributed by atoms with E-state index < -0.39 is 0 Å². The predicted octanol–water partition coefficient (Wildman–Crippen LogP) is 4.50. The van der Waals surface area contributed by atoms with E-state index in [2.05, 4.69) is 77.2 Å². The van der Waals surface area contributed by atoms with Crippen molar-refractivity contribution in [1.29, 1.82) is 0 Å². The highest BCUT2D eigenvalue weighted by atomic mass is 32.1. The molecule has 1 saturated heterocycles. The van der Waals surface area contributed by atoms with Gasteiger partial charge in [-0.1, -0.05) is 35.6 Å². The van der Waals surface area contributed by atoms with Gasteiger partial charge in [0.05, 0.1) is 0 Å². The van der Waals surface area contributed by atoms with Gasteiger partial charge in [0.2, 0.25) is 5.52 Å². The van der Waals surface area contributed by atoms with Gasteiger partial charge < -0.3 is 4.90 Å². The summed E-state index contributed by atoms with van der Waals surface area (Å²) in [7, 11) is 2.13. The molecule has 0 amide bonds. The van der Waals surface area contributed by atoms with Crippen molar-refractivity contribution >= 4 is 39.4 Å². The number of aromatic nitrogens is 1. The van der Waals surface area contributed by atoms with E-state index in [4.69, 9.17) is 0 Å². The number of thiazole rings is 1. The second-order valence-corrected chi connectivity index (χ2v) is 7.15. The van der Waals surface area contributed by atoms with Gasteiger partial charge in [0.15, 0.2) is 0 Å². The standard InChI is InChI=1S/C20H21N2S/c1-21-18-6-2-3-7-19(18)23-20(21)13-10-16-8-11-17(12-9-16)22-14-4-5-15-22/h2-3,6-13H,4-5,14-15H2,1H3/q+1. The fourth-order valence-electron chi connectivity index (χ4n) is 3.21. The minimum atomic E-state index is 1.20. The molecule has 1 aliphatic heterocycles. The Hall–Kier alpha value is -2.13. The number of anilines is 1. The third-order valence-electron chi connectivity index (χ3n) is 4.55. The van der Waals surface area contributed by atoms with Crippen molar-refractivity contribution in [2.45, 2.75) is 12.8 Å². The Bertz CT molecular complexity index is 840. The lowest BCUT2D eigenvalue weighted by Crippen LogP contribution is -2.28. The Morgan fingerprint density at radius 3 is 2.43 bits per heavy atom. The van der Waals surface area contributed by atoms with E-state index in [1.165, 1.54) is 52.4 Å². The molecule has 0 atom stereocenters. The van der Waals surface area contributed by atoms with Crippen molar-refractivity contribution < 1.29 is 4.57 Å². The van der Waals surface area contributed by atoms with Crippen molar-refractivity contribution in [2.75, 3.05) is 18.0 Å². The molecule has 0 N–H and O–H groups in total. The van der Waals surface area contributed by atoms with Crippen LogP contribution in [0.15, 0.2) is 48.5 Å². The van der Waals surface area contributed by atoms with Gasteiger partial charge in [-0.3, -0.25) is 0 Å². The zero-order valence-electron chi connectivity index (χ0n) is 13.4. The number of benzene rings is 2. The number of hydrogen-bond donors (Lipinski definition) is 0. The first kappa shape index (κ1) is 14.5. The third kappa shape index (κ3) is 2.89. The van der Waals surface area contributed by atoms with E-state index in [0.29, 0.717) is 0 Å². The fraction of sp³-hybridized carbons (Fsp3) is 0.250. The van der Waals surface area contributed by atoms with Gasteiger partial charge in [-0.05, 0) is 42.7 Å². The molecule has 23 heavy (non-hydrogen) atoms. The van der Waals surface area contributed by atoms with Crippen LogP contribution in [0, 0.1) is 0 Å². The van der Waals surface area contributed by atoms with Crippen LogP contribution in [0.1, 0.15) is 23.4 Å². The summed E-state index contributed by atoms with van der Waals surface area (Å²) in [5, 5.41) is 1.27. The molecule has 0 saturated carbocycles. The molecule has 116 valence electrons. The van der Waals surface area contributed by atoms with Gasteiger partial charge in [-0.2, -0.15) is 4.57 Å². The van der Waals surface area contributed by atoms with E-state index in [1.807, 2.05) is 11.3 Å². The Balaban J connectivity index is 1.56. The van der Waals surface area contributed by atoms with Gasteiger partial charge in [-0.15, -0.1) is 0 Å². The minimum Gasteiger partial charge on any atom is -0.372 e. The van der Waals surface area contributed by atoms with Crippen LogP contribution >= 0.6 is 11.3 Å². The molecular weight excluding hydrogens is 300 g/mol. The van der Waals surface area contributed by atoms with Crippen LogP contribution in [0.3, 0.4) is 0 Å². The molecule has 1 aromatic heterocycles. The summed E-state index contributed by atoms with van der Waals surface area (Å²) in [6.07, 6.45) is 7.07. The van der Waals surface area contributed by atoms with Gasteiger partial charge >= 0.3 is 0 Å². The lowest BCUT2D eigenvalue weighted by molar-refractivity contribution is -0.642. The van der Waals surface area contributed by atoms with Gasteiger partial charge in [0, 0.05) is 30.9 Å². The van der Waals surface area contributed by atoms with E-state index in [0.717, 1.165) is 0 Å². The number of aryl methyl sites for hydroxylation is 1. The number of rotatable bonds is 3. The second kappa shape index (κ2) is 6.17. The average molecular weight is 321 g/mol. The number of nitrogens with zero attached hydrogens (tertiary/aromatic N) is 2. The highest BCUT2D eigenvalue weighted by Crippen LogP contribution is 2.23. The normalized spacial score (nSPS) is 15.1. The third-order valence-corrected chi connectivity index (χ3v) is 5.74. The molecule has 2 aromatic carbocycles. The fourth-order valence-corrected chi connectivity index (χ4v) is 4.26. The Morgan fingerprint density at radius 1 is 0.957 bits per heavy atom. The predicted molar refractivity (Wildman–Crippen MR) is 99.8 cm³/mol. The average Bonchev–Trinajstić information content (AvgIpc) is 3.23. The maximum absolute atomic E-state index is 2.47. The van der Waals surface area contributed by atoms with Crippen molar-refractivity contribution in [3.8, 4) is 0 Å².